The zero-order valence-corrected chi connectivity index (χ0v) is 7.05. The minimum atomic E-state index is 0.385. The van der Waals surface area contributed by atoms with E-state index in [4.69, 9.17) is 5.73 Å². The minimum Gasteiger partial charge on any atom is -0.326 e. The molecule has 2 N–H and O–H groups in total. The maximum atomic E-state index is 5.71. The number of halogens is 1. The maximum Gasteiger partial charge on any atom is 0.0446 e. The van der Waals surface area contributed by atoms with Crippen LogP contribution in [-0.2, 0) is 0 Å². The van der Waals surface area contributed by atoms with Crippen LogP contribution < -0.4 is 5.73 Å². The number of rotatable bonds is 0. The summed E-state index contributed by atoms with van der Waals surface area (Å²) in [5.41, 5.74) is 7.15. The molecule has 1 nitrogen and oxygen atoms in total. The molecule has 0 saturated carbocycles. The Labute approximate surface area is 63.5 Å². The normalized spacial score (nSPS) is 37.6. The largest absolute Gasteiger partial charge is 0.326 e. The Bertz CT molecular complexity index is 120. The van der Waals surface area contributed by atoms with Gasteiger partial charge in [0.1, 0.15) is 0 Å². The van der Waals surface area contributed by atoms with Crippen molar-refractivity contribution in [2.45, 2.75) is 23.3 Å². The zero-order chi connectivity index (χ0) is 6.15. The molecular weight excluding hydrogens is 213 g/mol. The van der Waals surface area contributed by atoms with Gasteiger partial charge in [0, 0.05) is 9.97 Å². The summed E-state index contributed by atoms with van der Waals surface area (Å²) in [6.45, 7) is 2.14. The quantitative estimate of drug-likeness (QED) is 0.375. The van der Waals surface area contributed by atoms with Gasteiger partial charge in [-0.2, -0.15) is 0 Å². The molecule has 1 aliphatic rings. The van der Waals surface area contributed by atoms with Crippen LogP contribution in [0.15, 0.2) is 11.6 Å². The van der Waals surface area contributed by atoms with Gasteiger partial charge in [0.2, 0.25) is 0 Å². The first-order valence-corrected chi connectivity index (χ1v) is 4.01. The van der Waals surface area contributed by atoms with Crippen LogP contribution in [0.5, 0.6) is 0 Å². The van der Waals surface area contributed by atoms with Gasteiger partial charge in [0.25, 0.3) is 0 Å². The second-order valence-electron chi connectivity index (χ2n) is 2.33. The number of alkyl halides is 1. The van der Waals surface area contributed by atoms with Crippen molar-refractivity contribution in [2.75, 3.05) is 0 Å². The smallest absolute Gasteiger partial charge is 0.0446 e. The van der Waals surface area contributed by atoms with E-state index in [0.29, 0.717) is 9.97 Å². The molecule has 2 heteroatoms. The summed E-state index contributed by atoms with van der Waals surface area (Å²) in [5, 5.41) is 0. The lowest BCUT2D eigenvalue weighted by atomic mass is 10.2. The van der Waals surface area contributed by atoms with Gasteiger partial charge in [-0.25, -0.2) is 0 Å². The van der Waals surface area contributed by atoms with Crippen LogP contribution in [0.3, 0.4) is 0 Å². The van der Waals surface area contributed by atoms with Gasteiger partial charge in [-0.15, -0.1) is 0 Å². The Balaban J connectivity index is 2.56. The van der Waals surface area contributed by atoms with E-state index in [-0.39, 0.29) is 0 Å². The number of hydrogen-bond acceptors (Lipinski definition) is 1. The van der Waals surface area contributed by atoms with E-state index < -0.39 is 0 Å². The summed E-state index contributed by atoms with van der Waals surface area (Å²) in [7, 11) is 0. The average molecular weight is 223 g/mol. The summed E-state index contributed by atoms with van der Waals surface area (Å²) in [6.07, 6.45) is 3.33. The lowest BCUT2D eigenvalue weighted by Gasteiger charge is -2.04. The van der Waals surface area contributed by atoms with Gasteiger partial charge in [-0.3, -0.25) is 0 Å². The van der Waals surface area contributed by atoms with E-state index in [1.807, 2.05) is 0 Å². The highest BCUT2D eigenvalue weighted by Gasteiger charge is 2.18. The standard InChI is InChI=1S/C6H10IN/c1-4-2-5(7)6(8)3-4/h2,5-6H,3,8H2,1H3/t5-,6+/m1/s1. The molecule has 8 heavy (non-hydrogen) atoms. The molecule has 2 atom stereocenters. The molecular formula is C6H10IN. The molecule has 0 spiro atoms. The van der Waals surface area contributed by atoms with Crippen LogP contribution in [0.25, 0.3) is 0 Å². The molecule has 0 heterocycles. The highest BCUT2D eigenvalue weighted by atomic mass is 127. The average Bonchev–Trinajstić information content (AvgIpc) is 1.85. The summed E-state index contributed by atoms with van der Waals surface area (Å²) in [6, 6.07) is 0.385. The molecule has 0 bridgehead atoms. The van der Waals surface area contributed by atoms with E-state index in [9.17, 15) is 0 Å². The molecule has 46 valence electrons. The number of nitrogens with two attached hydrogens (primary N) is 1. The molecule has 0 aliphatic heterocycles. The first kappa shape index (κ1) is 6.55. The predicted molar refractivity (Wildman–Crippen MR) is 44.2 cm³/mol. The van der Waals surface area contributed by atoms with Gasteiger partial charge in [-0.05, 0) is 13.3 Å². The third-order valence-corrected chi connectivity index (χ3v) is 2.69. The molecule has 0 aromatic carbocycles. The van der Waals surface area contributed by atoms with E-state index in [2.05, 4.69) is 35.6 Å². The Hall–Kier alpha value is 0.430. The second-order valence-corrected chi connectivity index (χ2v) is 3.76. The third kappa shape index (κ3) is 1.23. The first-order chi connectivity index (χ1) is 3.70. The SMILES string of the molecule is CC1=C[C@@H](I)[C@@H](N)C1. The fourth-order valence-electron chi connectivity index (χ4n) is 0.948. The molecule has 1 rings (SSSR count). The van der Waals surface area contributed by atoms with Crippen molar-refractivity contribution in [3.8, 4) is 0 Å². The number of hydrogen-bond donors (Lipinski definition) is 1. The molecule has 0 amide bonds. The molecule has 0 unspecified atom stereocenters. The topological polar surface area (TPSA) is 26.0 Å². The predicted octanol–water partition coefficient (Wildman–Crippen LogP) is 1.47. The highest BCUT2D eigenvalue weighted by Crippen LogP contribution is 2.22. The summed E-state index contributed by atoms with van der Waals surface area (Å²) >= 11 is 2.37. The van der Waals surface area contributed by atoms with Crippen LogP contribution in [0.4, 0.5) is 0 Å². The summed E-state index contributed by atoms with van der Waals surface area (Å²) in [4.78, 5) is 0. The van der Waals surface area contributed by atoms with E-state index in [0.717, 1.165) is 6.42 Å². The van der Waals surface area contributed by atoms with Crippen LogP contribution >= 0.6 is 22.6 Å². The third-order valence-electron chi connectivity index (χ3n) is 1.41. The fourth-order valence-corrected chi connectivity index (χ4v) is 1.82. The summed E-state index contributed by atoms with van der Waals surface area (Å²) in [5.74, 6) is 0. The van der Waals surface area contributed by atoms with E-state index >= 15 is 0 Å². The van der Waals surface area contributed by atoms with Gasteiger partial charge in [-0.1, -0.05) is 34.2 Å². The monoisotopic (exact) mass is 223 g/mol. The molecule has 0 aromatic rings. The van der Waals surface area contributed by atoms with Gasteiger partial charge >= 0.3 is 0 Å². The van der Waals surface area contributed by atoms with Crippen molar-refractivity contribution >= 4 is 22.6 Å². The highest BCUT2D eigenvalue weighted by molar-refractivity contribution is 14.1. The van der Waals surface area contributed by atoms with E-state index in [1.54, 1.807) is 0 Å². The Morgan fingerprint density at radius 3 is 2.62 bits per heavy atom. The van der Waals surface area contributed by atoms with Crippen molar-refractivity contribution in [1.82, 2.24) is 0 Å². The Kier molecular flexibility index (Phi) is 1.92. The van der Waals surface area contributed by atoms with Crippen molar-refractivity contribution < 1.29 is 0 Å². The van der Waals surface area contributed by atoms with Gasteiger partial charge in [0.05, 0.1) is 0 Å². The lowest BCUT2D eigenvalue weighted by Crippen LogP contribution is -2.24. The molecule has 0 fully saturated rings. The summed E-state index contributed by atoms with van der Waals surface area (Å²) < 4.78 is 0.576. The first-order valence-electron chi connectivity index (χ1n) is 2.77. The molecule has 0 radical (unpaired) electrons. The van der Waals surface area contributed by atoms with Crippen molar-refractivity contribution in [1.29, 1.82) is 0 Å². The van der Waals surface area contributed by atoms with Crippen LogP contribution in [0.1, 0.15) is 13.3 Å². The second kappa shape index (κ2) is 2.35. The lowest BCUT2D eigenvalue weighted by molar-refractivity contribution is 0.745. The zero-order valence-electron chi connectivity index (χ0n) is 4.89. The van der Waals surface area contributed by atoms with Gasteiger partial charge < -0.3 is 5.73 Å². The van der Waals surface area contributed by atoms with Crippen molar-refractivity contribution in [3.05, 3.63) is 11.6 Å². The maximum absolute atomic E-state index is 5.71. The molecule has 0 saturated heterocycles. The molecule has 1 aliphatic carbocycles. The van der Waals surface area contributed by atoms with Crippen LogP contribution in [-0.4, -0.2) is 9.97 Å². The van der Waals surface area contributed by atoms with Crippen LogP contribution in [0.2, 0.25) is 0 Å². The Morgan fingerprint density at radius 2 is 2.50 bits per heavy atom. The van der Waals surface area contributed by atoms with Crippen molar-refractivity contribution in [3.63, 3.8) is 0 Å². The van der Waals surface area contributed by atoms with Crippen LogP contribution in [0, 0.1) is 0 Å². The van der Waals surface area contributed by atoms with Gasteiger partial charge in [0.15, 0.2) is 0 Å². The fraction of sp³-hybridized carbons (Fsp3) is 0.667. The Morgan fingerprint density at radius 1 is 1.88 bits per heavy atom. The minimum absolute atomic E-state index is 0.385. The van der Waals surface area contributed by atoms with E-state index in [1.165, 1.54) is 5.57 Å². The van der Waals surface area contributed by atoms with Crippen molar-refractivity contribution in [2.24, 2.45) is 5.73 Å². The molecule has 0 aromatic heterocycles.